The molecule has 0 radical (unpaired) electrons. The van der Waals surface area contributed by atoms with Crippen molar-refractivity contribution in [2.24, 2.45) is 0 Å². The number of quaternary nitrogens is 1. The van der Waals surface area contributed by atoms with E-state index in [0.29, 0.717) is 43.1 Å². The summed E-state index contributed by atoms with van der Waals surface area (Å²) in [5.74, 6) is -4.50. The molecule has 4 rings (SSSR count). The molecule has 4 aromatic carbocycles. The van der Waals surface area contributed by atoms with Crippen LogP contribution in [0.2, 0.25) is 0 Å². The van der Waals surface area contributed by atoms with Gasteiger partial charge in [0.1, 0.15) is 17.1 Å². The molecule has 4 nitrogen and oxygen atoms in total. The first-order chi connectivity index (χ1) is 45.6. The molecule has 2 N–H and O–H groups in total. The zero-order valence-corrected chi connectivity index (χ0v) is 55.2. The van der Waals surface area contributed by atoms with Gasteiger partial charge in [-0.15, -0.1) is 6.07 Å². The highest BCUT2D eigenvalue weighted by molar-refractivity contribution is 6.39. The number of unbranched alkanes of at least 4 members (excludes halogenated alkanes) is 30. The zero-order valence-electron chi connectivity index (χ0n) is 55.2. The van der Waals surface area contributed by atoms with Gasteiger partial charge in [0.2, 0.25) is 0 Å². The number of rotatable bonds is 41. The van der Waals surface area contributed by atoms with Crippen LogP contribution in [-0.4, -0.2) is 14.4 Å². The Kier molecular flexibility index (Phi) is 36.3. The van der Waals surface area contributed by atoms with E-state index in [9.17, 15) is 79.0 Å². The van der Waals surface area contributed by atoms with E-state index in [1.165, 1.54) is 64.2 Å². The van der Waals surface area contributed by atoms with Gasteiger partial charge in [0.15, 0.2) is 11.4 Å². The monoisotopic (exact) mass is 1450 g/mol. The Balaban J connectivity index is 0.00000158. The molecule has 0 heterocycles. The molecular formula is C69H88BF24NO3. The summed E-state index contributed by atoms with van der Waals surface area (Å²) >= 11 is 0. The van der Waals surface area contributed by atoms with E-state index >= 15 is 26.3 Å². The highest BCUT2D eigenvalue weighted by Gasteiger charge is 2.50. The average molecular weight is 1450 g/mol. The lowest BCUT2D eigenvalue weighted by atomic mass is 9.86. The van der Waals surface area contributed by atoms with E-state index in [0.717, 1.165) is 96.9 Å². The SMILES string of the molecule is CCCCCCCCCCCCCCCCCCc1c(OB(Oc2cc(C(F)(F)F)cc(C(F)(F)F)c2)Oc2cc(C(F)(F)F)cc(C(F)(F)F)c2)c([NH2+]C)c(C(F)(F)F)c(CCCCCCCCCCCCCCCCCC)c1C(F)(F)F.FC(F)(F)c1c[c-]cc(C(F)(F)F)c1. The minimum atomic E-state index is -5.64. The predicted molar refractivity (Wildman–Crippen MR) is 326 cm³/mol. The molecule has 98 heavy (non-hydrogen) atoms. The summed E-state index contributed by atoms with van der Waals surface area (Å²) in [5, 5.41) is 0.682. The molecule has 0 aliphatic heterocycles. The molecule has 0 bridgehead atoms. The summed E-state index contributed by atoms with van der Waals surface area (Å²) in [6.07, 6.45) is -16.2. The largest absolute Gasteiger partial charge is 0.864 e. The Labute approximate surface area is 558 Å². The van der Waals surface area contributed by atoms with Crippen molar-refractivity contribution in [2.75, 3.05) is 7.05 Å². The van der Waals surface area contributed by atoms with Gasteiger partial charge in [0, 0.05) is 5.56 Å². The van der Waals surface area contributed by atoms with Crippen LogP contribution in [0, 0.1) is 6.07 Å². The minimum absolute atomic E-state index is 0.0521. The first-order valence-corrected chi connectivity index (χ1v) is 33.5. The molecule has 0 spiro atoms. The molecule has 0 saturated carbocycles. The molecular weight excluding hydrogens is 1360 g/mol. The molecule has 0 aliphatic rings. The first kappa shape index (κ1) is 86.8. The van der Waals surface area contributed by atoms with Gasteiger partial charge >= 0.3 is 56.7 Å². The Bertz CT molecular complexity index is 2740. The van der Waals surface area contributed by atoms with Crippen LogP contribution in [0.4, 0.5) is 111 Å². The van der Waals surface area contributed by atoms with Crippen molar-refractivity contribution in [3.8, 4) is 17.2 Å². The fraction of sp³-hybridized carbons (Fsp3) is 0.652. The van der Waals surface area contributed by atoms with Crippen LogP contribution in [0.25, 0.3) is 0 Å². The third-order valence-electron chi connectivity index (χ3n) is 16.4. The lowest BCUT2D eigenvalue weighted by Gasteiger charge is -2.28. The summed E-state index contributed by atoms with van der Waals surface area (Å²) < 4.78 is 351. The minimum Gasteiger partial charge on any atom is -0.490 e. The smallest absolute Gasteiger partial charge is 0.490 e. The van der Waals surface area contributed by atoms with E-state index in [1.54, 1.807) is 6.07 Å². The van der Waals surface area contributed by atoms with E-state index < -0.39 is 148 Å². The zero-order chi connectivity index (χ0) is 73.6. The molecule has 0 saturated heterocycles. The Morgan fingerprint density at radius 1 is 0.296 bits per heavy atom. The van der Waals surface area contributed by atoms with Crippen molar-refractivity contribution in [3.05, 3.63) is 116 Å². The number of hydrogen-bond donors (Lipinski definition) is 1. The Morgan fingerprint density at radius 2 is 0.541 bits per heavy atom. The van der Waals surface area contributed by atoms with Crippen molar-refractivity contribution in [1.82, 2.24) is 0 Å². The average Bonchev–Trinajstić information content (AvgIpc) is 0.736. The van der Waals surface area contributed by atoms with Gasteiger partial charge in [-0.3, -0.25) is 0 Å². The normalized spacial score (nSPS) is 12.8. The predicted octanol–water partition coefficient (Wildman–Crippen LogP) is 26.3. The second kappa shape index (κ2) is 40.9. The van der Waals surface area contributed by atoms with Gasteiger partial charge < -0.3 is 19.3 Å². The summed E-state index contributed by atoms with van der Waals surface area (Å²) in [5.41, 5.74) is -18.0. The van der Waals surface area contributed by atoms with Crippen LogP contribution in [-0.2, 0) is 62.3 Å². The Morgan fingerprint density at radius 3 is 0.786 bits per heavy atom. The fourth-order valence-corrected chi connectivity index (χ4v) is 11.3. The second-order valence-corrected chi connectivity index (χ2v) is 24.5. The topological polar surface area (TPSA) is 44.3 Å². The summed E-state index contributed by atoms with van der Waals surface area (Å²) in [7, 11) is -2.31. The molecule has 0 atom stereocenters. The number of halogens is 24. The maximum absolute atomic E-state index is 15.8. The van der Waals surface area contributed by atoms with E-state index in [1.807, 2.05) is 0 Å². The molecule has 29 heteroatoms. The van der Waals surface area contributed by atoms with Crippen molar-refractivity contribution in [1.29, 1.82) is 0 Å². The third kappa shape index (κ3) is 32.1. The van der Waals surface area contributed by atoms with Crippen molar-refractivity contribution < 1.29 is 125 Å². The molecule has 0 aliphatic carbocycles. The van der Waals surface area contributed by atoms with Crippen LogP contribution in [0.5, 0.6) is 17.2 Å². The first-order valence-electron chi connectivity index (χ1n) is 33.5. The molecule has 0 amide bonds. The van der Waals surface area contributed by atoms with Crippen molar-refractivity contribution in [3.63, 3.8) is 0 Å². The molecule has 0 fully saturated rings. The van der Waals surface area contributed by atoms with Gasteiger partial charge in [-0.05, 0) is 67.6 Å². The van der Waals surface area contributed by atoms with E-state index in [2.05, 4.69) is 13.8 Å². The fourth-order valence-electron chi connectivity index (χ4n) is 11.3. The molecule has 4 aromatic rings. The lowest BCUT2D eigenvalue weighted by Crippen LogP contribution is -2.74. The quantitative estimate of drug-likeness (QED) is 0.0158. The van der Waals surface area contributed by atoms with Gasteiger partial charge in [-0.25, -0.2) is 0 Å². The molecule has 0 unspecified atom stereocenters. The van der Waals surface area contributed by atoms with Crippen LogP contribution in [0.15, 0.2) is 54.6 Å². The maximum Gasteiger partial charge on any atom is 0.864 e. The lowest BCUT2D eigenvalue weighted by molar-refractivity contribution is -0.541. The standard InChI is InChI=1S/C61H84BF18NO3.C8H3F6/c1-4-6-8-10-12-14-16-18-20-22-24-26-28-30-32-34-36-50-52(60(75,76)77)51(37-35-33-31-29-27-25-23-21-19-17-15-13-11-9-7-5-2)55(54(81-3)53(50)61(78,79)80)84-62(82-48-40-44(56(63,64)65)38-45(41-48)57(66,67)68)83-49-42-46(58(69,70)71)39-47(43-49)59(72,73)74;9-7(10,11)5-2-1-3-6(4-5)8(12,13)14/h38-43,81H,4-37H2,1-3H3;2-4H/q;-1/p+1. The van der Waals surface area contributed by atoms with E-state index in [-0.39, 0.29) is 68.1 Å². The number of nitrogens with two attached hydrogens (primary N) is 1. The maximum atomic E-state index is 15.8. The van der Waals surface area contributed by atoms with Crippen LogP contribution in [0.1, 0.15) is 275 Å². The van der Waals surface area contributed by atoms with Crippen LogP contribution >= 0.6 is 0 Å². The van der Waals surface area contributed by atoms with Gasteiger partial charge in [0.05, 0.1) is 34.9 Å². The second-order valence-electron chi connectivity index (χ2n) is 24.5. The van der Waals surface area contributed by atoms with Crippen LogP contribution < -0.4 is 19.3 Å². The third-order valence-corrected chi connectivity index (χ3v) is 16.4. The summed E-state index contributed by atoms with van der Waals surface area (Å²) in [4.78, 5) is 0. The number of benzene rings is 4. The molecule has 0 aromatic heterocycles. The van der Waals surface area contributed by atoms with Gasteiger partial charge in [-0.2, -0.15) is 124 Å². The summed E-state index contributed by atoms with van der Waals surface area (Å²) in [6.45, 7) is 4.31. The highest BCUT2D eigenvalue weighted by Crippen LogP contribution is 2.51. The van der Waals surface area contributed by atoms with E-state index in [4.69, 9.17) is 14.0 Å². The van der Waals surface area contributed by atoms with Gasteiger partial charge in [-0.1, -0.05) is 218 Å². The highest BCUT2D eigenvalue weighted by atomic mass is 19.4. The van der Waals surface area contributed by atoms with Gasteiger partial charge in [0.25, 0.3) is 0 Å². The van der Waals surface area contributed by atoms with Crippen LogP contribution in [0.3, 0.4) is 0 Å². The number of alkyl halides is 24. The number of hydrogen-bond acceptors (Lipinski definition) is 3. The molecule has 558 valence electrons. The van der Waals surface area contributed by atoms with Crippen molar-refractivity contribution >= 4 is 13.0 Å². The Hall–Kier alpha value is -5.38. The summed E-state index contributed by atoms with van der Waals surface area (Å²) in [6, 6.07) is 1.57. The van der Waals surface area contributed by atoms with Crippen molar-refractivity contribution in [2.45, 2.75) is 282 Å².